The van der Waals surface area contributed by atoms with Crippen molar-refractivity contribution in [1.82, 2.24) is 9.78 Å². The summed E-state index contributed by atoms with van der Waals surface area (Å²) in [5.74, 6) is 1.42. The molecule has 0 saturated heterocycles. The number of aryl methyl sites for hydroxylation is 1. The first-order valence-electron chi connectivity index (χ1n) is 5.56. The fraction of sp³-hybridized carbons (Fsp3) is 0.231. The molecule has 0 fully saturated rings. The van der Waals surface area contributed by atoms with E-state index in [0.717, 1.165) is 11.1 Å². The van der Waals surface area contributed by atoms with Crippen LogP contribution in [0.15, 0.2) is 18.3 Å². The van der Waals surface area contributed by atoms with E-state index in [-0.39, 0.29) is 0 Å². The summed E-state index contributed by atoms with van der Waals surface area (Å²) in [6.07, 6.45) is 1.65. The van der Waals surface area contributed by atoms with Gasteiger partial charge in [-0.3, -0.25) is 4.68 Å². The van der Waals surface area contributed by atoms with Crippen LogP contribution in [-0.2, 0) is 7.05 Å². The van der Waals surface area contributed by atoms with Crippen molar-refractivity contribution in [1.29, 1.82) is 5.26 Å². The Labute approximate surface area is 111 Å². The minimum absolute atomic E-state index is 0.389. The standard InChI is InChI=1S/C13H14N4O2/c1-17-13(15)10(7-16-17)8-4-9(6-14)12(19-3)11(5-8)18-2/h4-5,7H,15H2,1-3H3. The third kappa shape index (κ3) is 2.06. The number of benzene rings is 1. The maximum absolute atomic E-state index is 9.18. The van der Waals surface area contributed by atoms with Gasteiger partial charge < -0.3 is 15.2 Å². The number of methoxy groups -OCH3 is 2. The molecule has 1 aromatic heterocycles. The van der Waals surface area contributed by atoms with Crippen molar-refractivity contribution in [2.45, 2.75) is 0 Å². The monoisotopic (exact) mass is 258 g/mol. The van der Waals surface area contributed by atoms with E-state index in [0.29, 0.717) is 22.9 Å². The minimum atomic E-state index is 0.389. The zero-order chi connectivity index (χ0) is 14.0. The summed E-state index contributed by atoms with van der Waals surface area (Å²) in [4.78, 5) is 0. The molecule has 6 heteroatoms. The Morgan fingerprint density at radius 3 is 2.53 bits per heavy atom. The average Bonchev–Trinajstić information content (AvgIpc) is 2.77. The van der Waals surface area contributed by atoms with Crippen molar-refractivity contribution >= 4 is 5.82 Å². The molecule has 2 rings (SSSR count). The molecular formula is C13H14N4O2. The maximum Gasteiger partial charge on any atom is 0.178 e. The highest BCUT2D eigenvalue weighted by Gasteiger charge is 2.15. The van der Waals surface area contributed by atoms with Gasteiger partial charge in [0.25, 0.3) is 0 Å². The van der Waals surface area contributed by atoms with Gasteiger partial charge in [0.1, 0.15) is 11.9 Å². The fourth-order valence-corrected chi connectivity index (χ4v) is 1.87. The lowest BCUT2D eigenvalue weighted by atomic mass is 10.0. The molecule has 0 aliphatic carbocycles. The summed E-state index contributed by atoms with van der Waals surface area (Å²) in [7, 11) is 4.77. The number of hydrogen-bond acceptors (Lipinski definition) is 5. The molecule has 0 saturated carbocycles. The van der Waals surface area contributed by atoms with E-state index in [1.54, 1.807) is 30.1 Å². The molecule has 1 heterocycles. The largest absolute Gasteiger partial charge is 0.493 e. The Bertz CT molecular complexity index is 655. The Morgan fingerprint density at radius 1 is 1.32 bits per heavy atom. The molecular weight excluding hydrogens is 244 g/mol. The second-order valence-corrected chi connectivity index (χ2v) is 3.94. The van der Waals surface area contributed by atoms with Crippen LogP contribution in [0.5, 0.6) is 11.5 Å². The number of ether oxygens (including phenoxy) is 2. The van der Waals surface area contributed by atoms with Crippen LogP contribution in [0, 0.1) is 11.3 Å². The normalized spacial score (nSPS) is 10.0. The molecule has 0 bridgehead atoms. The molecule has 0 aliphatic heterocycles. The summed E-state index contributed by atoms with van der Waals surface area (Å²) in [6, 6.07) is 5.56. The molecule has 0 unspecified atom stereocenters. The topological polar surface area (TPSA) is 86.1 Å². The Hall–Kier alpha value is -2.68. The van der Waals surface area contributed by atoms with Crippen LogP contribution in [0.3, 0.4) is 0 Å². The fourth-order valence-electron chi connectivity index (χ4n) is 1.87. The Morgan fingerprint density at radius 2 is 2.05 bits per heavy atom. The molecule has 1 aromatic carbocycles. The summed E-state index contributed by atoms with van der Waals surface area (Å²) in [5, 5.41) is 13.3. The Kier molecular flexibility index (Phi) is 3.29. The SMILES string of the molecule is COc1cc(-c2cnn(C)c2N)cc(C#N)c1OC. The van der Waals surface area contributed by atoms with Gasteiger partial charge in [0.05, 0.1) is 26.0 Å². The second kappa shape index (κ2) is 4.90. The smallest absolute Gasteiger partial charge is 0.178 e. The highest BCUT2D eigenvalue weighted by molar-refractivity contribution is 5.77. The summed E-state index contributed by atoms with van der Waals surface area (Å²) < 4.78 is 12.0. The number of hydrogen-bond donors (Lipinski definition) is 1. The van der Waals surface area contributed by atoms with E-state index in [9.17, 15) is 5.26 Å². The van der Waals surface area contributed by atoms with Gasteiger partial charge in [0.15, 0.2) is 11.5 Å². The predicted octanol–water partition coefficient (Wildman–Crippen LogP) is 1.56. The number of anilines is 1. The van der Waals surface area contributed by atoms with Crippen molar-refractivity contribution in [3.05, 3.63) is 23.9 Å². The van der Waals surface area contributed by atoms with E-state index in [2.05, 4.69) is 11.2 Å². The number of nitrogen functional groups attached to an aromatic ring is 1. The molecule has 2 N–H and O–H groups in total. The van der Waals surface area contributed by atoms with Gasteiger partial charge in [0, 0.05) is 12.6 Å². The number of nitriles is 1. The van der Waals surface area contributed by atoms with Crippen LogP contribution in [0.2, 0.25) is 0 Å². The van der Waals surface area contributed by atoms with E-state index in [4.69, 9.17) is 15.2 Å². The van der Waals surface area contributed by atoms with Crippen LogP contribution in [-0.4, -0.2) is 24.0 Å². The molecule has 0 atom stereocenters. The van der Waals surface area contributed by atoms with Crippen LogP contribution in [0.4, 0.5) is 5.82 Å². The maximum atomic E-state index is 9.18. The third-order valence-corrected chi connectivity index (χ3v) is 2.89. The van der Waals surface area contributed by atoms with Crippen LogP contribution < -0.4 is 15.2 Å². The molecule has 98 valence electrons. The van der Waals surface area contributed by atoms with Crippen LogP contribution in [0.1, 0.15) is 5.56 Å². The predicted molar refractivity (Wildman–Crippen MR) is 70.9 cm³/mol. The molecule has 19 heavy (non-hydrogen) atoms. The lowest BCUT2D eigenvalue weighted by Crippen LogP contribution is -1.99. The number of aromatic nitrogens is 2. The lowest BCUT2D eigenvalue weighted by Gasteiger charge is -2.11. The average molecular weight is 258 g/mol. The van der Waals surface area contributed by atoms with Gasteiger partial charge in [-0.05, 0) is 17.7 Å². The van der Waals surface area contributed by atoms with E-state index < -0.39 is 0 Å². The molecule has 2 aromatic rings. The lowest BCUT2D eigenvalue weighted by molar-refractivity contribution is 0.354. The number of nitrogens with two attached hydrogens (primary N) is 1. The van der Waals surface area contributed by atoms with Gasteiger partial charge in [-0.2, -0.15) is 10.4 Å². The van der Waals surface area contributed by atoms with E-state index in [1.807, 2.05) is 0 Å². The summed E-state index contributed by atoms with van der Waals surface area (Å²) in [6.45, 7) is 0. The minimum Gasteiger partial charge on any atom is -0.493 e. The van der Waals surface area contributed by atoms with Gasteiger partial charge in [-0.15, -0.1) is 0 Å². The van der Waals surface area contributed by atoms with Crippen LogP contribution in [0.25, 0.3) is 11.1 Å². The van der Waals surface area contributed by atoms with Gasteiger partial charge in [-0.1, -0.05) is 0 Å². The van der Waals surface area contributed by atoms with Gasteiger partial charge in [-0.25, -0.2) is 0 Å². The van der Waals surface area contributed by atoms with Gasteiger partial charge >= 0.3 is 0 Å². The van der Waals surface area contributed by atoms with Crippen molar-refractivity contribution in [3.63, 3.8) is 0 Å². The zero-order valence-electron chi connectivity index (χ0n) is 11.0. The molecule has 0 spiro atoms. The third-order valence-electron chi connectivity index (χ3n) is 2.89. The highest BCUT2D eigenvalue weighted by atomic mass is 16.5. The quantitative estimate of drug-likeness (QED) is 0.902. The molecule has 0 aliphatic rings. The molecule has 6 nitrogen and oxygen atoms in total. The van der Waals surface area contributed by atoms with E-state index >= 15 is 0 Å². The van der Waals surface area contributed by atoms with Crippen molar-refractivity contribution in [2.24, 2.45) is 7.05 Å². The number of rotatable bonds is 3. The first-order chi connectivity index (χ1) is 9.12. The summed E-state index contributed by atoms with van der Waals surface area (Å²) in [5.41, 5.74) is 7.84. The molecule has 0 amide bonds. The number of nitrogens with zero attached hydrogens (tertiary/aromatic N) is 3. The second-order valence-electron chi connectivity index (χ2n) is 3.94. The highest BCUT2D eigenvalue weighted by Crippen LogP contribution is 2.37. The van der Waals surface area contributed by atoms with Crippen LogP contribution >= 0.6 is 0 Å². The van der Waals surface area contributed by atoms with Crippen molar-refractivity contribution in [3.8, 4) is 28.7 Å². The van der Waals surface area contributed by atoms with E-state index in [1.165, 1.54) is 14.2 Å². The van der Waals surface area contributed by atoms with Crippen molar-refractivity contribution in [2.75, 3.05) is 20.0 Å². The zero-order valence-corrected chi connectivity index (χ0v) is 11.0. The summed E-state index contributed by atoms with van der Waals surface area (Å²) >= 11 is 0. The Balaban J connectivity index is 2.66. The molecule has 0 radical (unpaired) electrons. The van der Waals surface area contributed by atoms with Crippen molar-refractivity contribution < 1.29 is 9.47 Å². The first-order valence-corrected chi connectivity index (χ1v) is 5.56. The van der Waals surface area contributed by atoms with Gasteiger partial charge in [0.2, 0.25) is 0 Å². The first kappa shape index (κ1) is 12.8.